The van der Waals surface area contributed by atoms with E-state index in [2.05, 4.69) is 15.0 Å². The summed E-state index contributed by atoms with van der Waals surface area (Å²) in [4.78, 5) is 12.3. The SMILES string of the molecule is N#CCC=Cc1cnc(-n2ccnc2)nc1. The van der Waals surface area contributed by atoms with Crippen molar-refractivity contribution in [3.8, 4) is 12.0 Å². The predicted octanol–water partition coefficient (Wildman–Crippen LogP) is 1.59. The van der Waals surface area contributed by atoms with Crippen LogP contribution in [-0.2, 0) is 0 Å². The molecule has 0 amide bonds. The summed E-state index contributed by atoms with van der Waals surface area (Å²) in [5, 5.41) is 8.37. The lowest BCUT2D eigenvalue weighted by Crippen LogP contribution is -1.97. The normalized spacial score (nSPS) is 10.4. The minimum Gasteiger partial charge on any atom is -0.274 e. The summed E-state index contributed by atoms with van der Waals surface area (Å²) < 4.78 is 1.72. The number of nitriles is 1. The third-order valence-electron chi connectivity index (χ3n) is 1.91. The molecule has 2 aromatic rings. The number of nitrogens with zero attached hydrogens (tertiary/aromatic N) is 5. The minimum atomic E-state index is 0.392. The third-order valence-corrected chi connectivity index (χ3v) is 1.91. The Labute approximate surface area is 92.7 Å². The van der Waals surface area contributed by atoms with Crippen LogP contribution >= 0.6 is 0 Å². The average molecular weight is 211 g/mol. The second kappa shape index (κ2) is 4.84. The van der Waals surface area contributed by atoms with E-state index < -0.39 is 0 Å². The molecule has 0 bridgehead atoms. The van der Waals surface area contributed by atoms with Crippen molar-refractivity contribution in [1.82, 2.24) is 19.5 Å². The molecule has 0 saturated heterocycles. The van der Waals surface area contributed by atoms with Crippen molar-refractivity contribution in [2.75, 3.05) is 0 Å². The Bertz CT molecular complexity index is 504. The molecular weight excluding hydrogens is 202 g/mol. The van der Waals surface area contributed by atoms with E-state index in [1.807, 2.05) is 12.1 Å². The Morgan fingerprint density at radius 3 is 2.81 bits per heavy atom. The zero-order valence-corrected chi connectivity index (χ0v) is 8.48. The van der Waals surface area contributed by atoms with Crippen LogP contribution < -0.4 is 0 Å². The lowest BCUT2D eigenvalue weighted by atomic mass is 10.3. The molecule has 2 heterocycles. The van der Waals surface area contributed by atoms with E-state index in [0.717, 1.165) is 5.56 Å². The summed E-state index contributed by atoms with van der Waals surface area (Å²) in [5.41, 5.74) is 0.874. The number of hydrogen-bond donors (Lipinski definition) is 0. The zero-order valence-electron chi connectivity index (χ0n) is 8.48. The third kappa shape index (κ3) is 2.30. The van der Waals surface area contributed by atoms with Gasteiger partial charge in [-0.3, -0.25) is 4.57 Å². The van der Waals surface area contributed by atoms with Gasteiger partial charge in [0.15, 0.2) is 0 Å². The molecule has 0 aliphatic rings. The lowest BCUT2D eigenvalue weighted by Gasteiger charge is -1.98. The van der Waals surface area contributed by atoms with Crippen LogP contribution in [0.5, 0.6) is 0 Å². The van der Waals surface area contributed by atoms with Gasteiger partial charge in [-0.25, -0.2) is 15.0 Å². The molecule has 2 aromatic heterocycles. The molecular formula is C11H9N5. The number of allylic oxidation sites excluding steroid dienone is 1. The van der Waals surface area contributed by atoms with Crippen molar-refractivity contribution in [2.24, 2.45) is 0 Å². The van der Waals surface area contributed by atoms with Crippen molar-refractivity contribution in [3.63, 3.8) is 0 Å². The van der Waals surface area contributed by atoms with Gasteiger partial charge in [0.25, 0.3) is 0 Å². The Hall–Kier alpha value is -2.48. The van der Waals surface area contributed by atoms with Crippen LogP contribution in [0.25, 0.3) is 12.0 Å². The van der Waals surface area contributed by atoms with Gasteiger partial charge in [-0.1, -0.05) is 12.2 Å². The van der Waals surface area contributed by atoms with Gasteiger partial charge >= 0.3 is 0 Å². The van der Waals surface area contributed by atoms with Gasteiger partial charge in [0, 0.05) is 30.4 Å². The van der Waals surface area contributed by atoms with E-state index in [1.54, 1.807) is 41.8 Å². The largest absolute Gasteiger partial charge is 0.274 e. The Kier molecular flexibility index (Phi) is 3.04. The summed E-state index contributed by atoms with van der Waals surface area (Å²) >= 11 is 0. The summed E-state index contributed by atoms with van der Waals surface area (Å²) in [5.74, 6) is 0.579. The van der Waals surface area contributed by atoms with Crippen LogP contribution in [-0.4, -0.2) is 19.5 Å². The summed E-state index contributed by atoms with van der Waals surface area (Å²) in [6, 6.07) is 2.03. The molecule has 0 spiro atoms. The topological polar surface area (TPSA) is 67.4 Å². The summed E-state index contributed by atoms with van der Waals surface area (Å²) in [6.07, 6.45) is 12.5. The molecule has 0 saturated carbocycles. The predicted molar refractivity (Wildman–Crippen MR) is 58.4 cm³/mol. The second-order valence-electron chi connectivity index (χ2n) is 3.05. The second-order valence-corrected chi connectivity index (χ2v) is 3.05. The standard InChI is InChI=1S/C11H9N5/c12-4-2-1-3-10-7-14-11(15-8-10)16-6-5-13-9-16/h1,3,5-9H,2H2. The van der Waals surface area contributed by atoms with Crippen molar-refractivity contribution in [3.05, 3.63) is 42.8 Å². The highest BCUT2D eigenvalue weighted by molar-refractivity contribution is 5.47. The summed E-state index contributed by atoms with van der Waals surface area (Å²) in [7, 11) is 0. The van der Waals surface area contributed by atoms with Gasteiger partial charge in [-0.05, 0) is 0 Å². The fourth-order valence-electron chi connectivity index (χ4n) is 1.18. The molecule has 0 atom stereocenters. The first-order valence-electron chi connectivity index (χ1n) is 4.74. The maximum Gasteiger partial charge on any atom is 0.234 e. The van der Waals surface area contributed by atoms with Crippen molar-refractivity contribution >= 4 is 6.08 Å². The number of aromatic nitrogens is 4. The van der Waals surface area contributed by atoms with E-state index in [0.29, 0.717) is 12.4 Å². The summed E-state index contributed by atoms with van der Waals surface area (Å²) in [6.45, 7) is 0. The van der Waals surface area contributed by atoms with Gasteiger partial charge in [0.05, 0.1) is 12.5 Å². The van der Waals surface area contributed by atoms with Gasteiger partial charge < -0.3 is 0 Å². The van der Waals surface area contributed by atoms with Crippen molar-refractivity contribution in [2.45, 2.75) is 6.42 Å². The van der Waals surface area contributed by atoms with Crippen LogP contribution in [0.1, 0.15) is 12.0 Å². The van der Waals surface area contributed by atoms with Crippen LogP contribution in [0.4, 0.5) is 0 Å². The van der Waals surface area contributed by atoms with Gasteiger partial charge in [0.2, 0.25) is 5.95 Å². The number of hydrogen-bond acceptors (Lipinski definition) is 4. The Morgan fingerprint density at radius 2 is 2.19 bits per heavy atom. The smallest absolute Gasteiger partial charge is 0.234 e. The van der Waals surface area contributed by atoms with E-state index >= 15 is 0 Å². The van der Waals surface area contributed by atoms with E-state index in [4.69, 9.17) is 5.26 Å². The van der Waals surface area contributed by atoms with Crippen LogP contribution in [0.2, 0.25) is 0 Å². The molecule has 0 fully saturated rings. The van der Waals surface area contributed by atoms with Crippen molar-refractivity contribution in [1.29, 1.82) is 5.26 Å². The Morgan fingerprint density at radius 1 is 1.38 bits per heavy atom. The van der Waals surface area contributed by atoms with E-state index in [9.17, 15) is 0 Å². The van der Waals surface area contributed by atoms with Gasteiger partial charge in [-0.2, -0.15) is 5.26 Å². The van der Waals surface area contributed by atoms with E-state index in [1.165, 1.54) is 0 Å². The molecule has 5 heteroatoms. The molecule has 0 aliphatic heterocycles. The monoisotopic (exact) mass is 211 g/mol. The maximum atomic E-state index is 8.37. The molecule has 0 aliphatic carbocycles. The first-order chi connectivity index (χ1) is 7.90. The van der Waals surface area contributed by atoms with Crippen LogP contribution in [0, 0.1) is 11.3 Å². The molecule has 2 rings (SSSR count). The molecule has 0 N–H and O–H groups in total. The van der Waals surface area contributed by atoms with Gasteiger partial charge in [0.1, 0.15) is 6.33 Å². The lowest BCUT2D eigenvalue weighted by molar-refractivity contribution is 0.923. The molecule has 16 heavy (non-hydrogen) atoms. The zero-order chi connectivity index (χ0) is 11.2. The number of rotatable bonds is 3. The average Bonchev–Trinajstić information content (AvgIpc) is 2.84. The molecule has 78 valence electrons. The molecule has 5 nitrogen and oxygen atoms in total. The Balaban J connectivity index is 2.14. The molecule has 0 unspecified atom stereocenters. The highest BCUT2D eigenvalue weighted by Crippen LogP contribution is 2.03. The molecule has 0 radical (unpaired) electrons. The van der Waals surface area contributed by atoms with Crippen LogP contribution in [0.3, 0.4) is 0 Å². The highest BCUT2D eigenvalue weighted by Gasteiger charge is 1.97. The van der Waals surface area contributed by atoms with Crippen molar-refractivity contribution < 1.29 is 0 Å². The van der Waals surface area contributed by atoms with Gasteiger partial charge in [-0.15, -0.1) is 0 Å². The quantitative estimate of drug-likeness (QED) is 0.773. The number of imidazole rings is 1. The molecule has 0 aromatic carbocycles. The fraction of sp³-hybridized carbons (Fsp3) is 0.0909. The minimum absolute atomic E-state index is 0.392. The first-order valence-corrected chi connectivity index (χ1v) is 4.74. The fourth-order valence-corrected chi connectivity index (χ4v) is 1.18. The first kappa shape index (κ1) is 10.1. The highest BCUT2D eigenvalue weighted by atomic mass is 15.2. The maximum absolute atomic E-state index is 8.37. The van der Waals surface area contributed by atoms with Crippen LogP contribution in [0.15, 0.2) is 37.2 Å². The van der Waals surface area contributed by atoms with E-state index in [-0.39, 0.29) is 0 Å².